The van der Waals surface area contributed by atoms with E-state index in [1.54, 1.807) is 0 Å². The molecule has 1 atom stereocenters. The molecule has 1 aliphatic rings. The number of benzene rings is 1. The van der Waals surface area contributed by atoms with Crippen molar-refractivity contribution in [1.29, 1.82) is 0 Å². The van der Waals surface area contributed by atoms with Gasteiger partial charge in [0.15, 0.2) is 0 Å². The summed E-state index contributed by atoms with van der Waals surface area (Å²) in [6.07, 6.45) is 6.12. The summed E-state index contributed by atoms with van der Waals surface area (Å²) >= 11 is 0. The molecule has 1 aromatic heterocycles. The Morgan fingerprint density at radius 2 is 2.35 bits per heavy atom. The van der Waals surface area contributed by atoms with E-state index in [-0.39, 0.29) is 6.04 Å². The zero-order valence-corrected chi connectivity index (χ0v) is 12.1. The fourth-order valence-corrected chi connectivity index (χ4v) is 2.75. The lowest BCUT2D eigenvalue weighted by Gasteiger charge is -2.20. The molecule has 20 heavy (non-hydrogen) atoms. The molecule has 0 aliphatic carbocycles. The van der Waals surface area contributed by atoms with E-state index in [0.717, 1.165) is 31.7 Å². The molecule has 0 bridgehead atoms. The number of nitrogens with zero attached hydrogens (tertiary/aromatic N) is 2. The van der Waals surface area contributed by atoms with Crippen molar-refractivity contribution in [2.45, 2.75) is 25.8 Å². The van der Waals surface area contributed by atoms with Crippen molar-refractivity contribution in [1.82, 2.24) is 15.1 Å². The van der Waals surface area contributed by atoms with Gasteiger partial charge in [0.05, 0.1) is 18.8 Å². The molecule has 1 aromatic carbocycles. The summed E-state index contributed by atoms with van der Waals surface area (Å²) in [7, 11) is 1.95. The lowest BCUT2D eigenvalue weighted by molar-refractivity contribution is 0.350. The molecule has 4 nitrogen and oxygen atoms in total. The lowest BCUT2D eigenvalue weighted by atomic mass is 9.98. The highest BCUT2D eigenvalue weighted by molar-refractivity contribution is 5.48. The Labute approximate surface area is 119 Å². The minimum atomic E-state index is 0.150. The third-order valence-corrected chi connectivity index (χ3v) is 3.71. The molecule has 1 unspecified atom stereocenters. The van der Waals surface area contributed by atoms with Crippen molar-refractivity contribution in [2.75, 3.05) is 13.2 Å². The maximum absolute atomic E-state index is 5.85. The lowest BCUT2D eigenvalue weighted by Crippen LogP contribution is -2.23. The topological polar surface area (TPSA) is 39.1 Å². The van der Waals surface area contributed by atoms with Crippen molar-refractivity contribution in [3.63, 3.8) is 0 Å². The number of hydrogen-bond donors (Lipinski definition) is 1. The summed E-state index contributed by atoms with van der Waals surface area (Å²) in [5.74, 6) is 1.06. The zero-order valence-electron chi connectivity index (χ0n) is 12.1. The van der Waals surface area contributed by atoms with E-state index in [0.29, 0.717) is 0 Å². The summed E-state index contributed by atoms with van der Waals surface area (Å²) in [6, 6.07) is 6.59. The predicted molar refractivity (Wildman–Crippen MR) is 79.0 cm³/mol. The molecule has 2 heterocycles. The number of hydrogen-bond acceptors (Lipinski definition) is 3. The van der Waals surface area contributed by atoms with E-state index < -0.39 is 0 Å². The first kappa shape index (κ1) is 13.2. The Morgan fingerprint density at radius 3 is 3.10 bits per heavy atom. The average Bonchev–Trinajstić information content (AvgIpc) is 3.08. The van der Waals surface area contributed by atoms with E-state index in [1.165, 1.54) is 16.7 Å². The third kappa shape index (κ3) is 2.43. The van der Waals surface area contributed by atoms with Crippen molar-refractivity contribution in [3.05, 3.63) is 47.3 Å². The van der Waals surface area contributed by atoms with Crippen molar-refractivity contribution < 1.29 is 4.74 Å². The SMILES string of the molecule is CCCNC(c1cnn(C)c1)c1cccc2c1OCC2. The summed E-state index contributed by atoms with van der Waals surface area (Å²) in [5, 5.41) is 7.91. The number of fused-ring (bicyclic) bond motifs is 1. The molecule has 0 fully saturated rings. The monoisotopic (exact) mass is 271 g/mol. The molecule has 2 aromatic rings. The molecular weight excluding hydrogens is 250 g/mol. The highest BCUT2D eigenvalue weighted by Crippen LogP contribution is 2.36. The Hall–Kier alpha value is -1.81. The number of rotatable bonds is 5. The van der Waals surface area contributed by atoms with Gasteiger partial charge < -0.3 is 10.1 Å². The molecule has 3 rings (SSSR count). The molecule has 106 valence electrons. The molecule has 1 N–H and O–H groups in total. The van der Waals surface area contributed by atoms with Gasteiger partial charge in [-0.15, -0.1) is 0 Å². The Kier molecular flexibility index (Phi) is 3.74. The summed E-state index contributed by atoms with van der Waals surface area (Å²) in [4.78, 5) is 0. The molecular formula is C16H21N3O. The average molecular weight is 271 g/mol. The van der Waals surface area contributed by atoms with Gasteiger partial charge in [-0.25, -0.2) is 0 Å². The van der Waals surface area contributed by atoms with Crippen LogP contribution >= 0.6 is 0 Å². The fourth-order valence-electron chi connectivity index (χ4n) is 2.75. The standard InChI is InChI=1S/C16H21N3O/c1-3-8-17-15(13-10-18-19(2)11-13)14-6-4-5-12-7-9-20-16(12)14/h4-6,10-11,15,17H,3,7-9H2,1-2H3. The second-order valence-electron chi connectivity index (χ2n) is 5.27. The Bertz CT molecular complexity index is 591. The van der Waals surface area contributed by atoms with E-state index in [9.17, 15) is 0 Å². The van der Waals surface area contributed by atoms with Gasteiger partial charge in [-0.3, -0.25) is 4.68 Å². The number of ether oxygens (including phenoxy) is 1. The van der Waals surface area contributed by atoms with Crippen LogP contribution in [0, 0.1) is 0 Å². The quantitative estimate of drug-likeness (QED) is 0.908. The van der Waals surface area contributed by atoms with Crippen LogP contribution in [-0.2, 0) is 13.5 Å². The van der Waals surface area contributed by atoms with Crippen LogP contribution in [0.1, 0.15) is 36.1 Å². The maximum Gasteiger partial charge on any atom is 0.127 e. The van der Waals surface area contributed by atoms with Gasteiger partial charge in [-0.05, 0) is 18.5 Å². The highest BCUT2D eigenvalue weighted by Gasteiger charge is 2.23. The minimum absolute atomic E-state index is 0.150. The smallest absolute Gasteiger partial charge is 0.127 e. The first-order valence-electron chi connectivity index (χ1n) is 7.26. The predicted octanol–water partition coefficient (Wildman–Crippen LogP) is 2.44. The van der Waals surface area contributed by atoms with Gasteiger partial charge in [-0.1, -0.05) is 25.1 Å². The normalized spacial score (nSPS) is 14.9. The minimum Gasteiger partial charge on any atom is -0.493 e. The van der Waals surface area contributed by atoms with Crippen LogP contribution in [0.4, 0.5) is 0 Å². The van der Waals surface area contributed by atoms with Gasteiger partial charge in [0.25, 0.3) is 0 Å². The van der Waals surface area contributed by atoms with Gasteiger partial charge in [0.2, 0.25) is 0 Å². The van der Waals surface area contributed by atoms with Crippen LogP contribution in [0.3, 0.4) is 0 Å². The van der Waals surface area contributed by atoms with E-state index >= 15 is 0 Å². The van der Waals surface area contributed by atoms with Crippen LogP contribution in [0.25, 0.3) is 0 Å². The highest BCUT2D eigenvalue weighted by atomic mass is 16.5. The van der Waals surface area contributed by atoms with Gasteiger partial charge in [0, 0.05) is 30.8 Å². The molecule has 0 spiro atoms. The molecule has 4 heteroatoms. The molecule has 0 amide bonds. The van der Waals surface area contributed by atoms with Crippen LogP contribution in [0.5, 0.6) is 5.75 Å². The van der Waals surface area contributed by atoms with E-state index in [4.69, 9.17) is 4.74 Å². The first-order chi connectivity index (χ1) is 9.79. The van der Waals surface area contributed by atoms with Crippen LogP contribution < -0.4 is 10.1 Å². The molecule has 0 radical (unpaired) electrons. The zero-order chi connectivity index (χ0) is 13.9. The fraction of sp³-hybridized carbons (Fsp3) is 0.438. The van der Waals surface area contributed by atoms with E-state index in [2.05, 4.69) is 41.7 Å². The number of nitrogens with one attached hydrogen (secondary N) is 1. The summed E-state index contributed by atoms with van der Waals surface area (Å²) in [6.45, 7) is 3.95. The van der Waals surface area contributed by atoms with Gasteiger partial charge in [0.1, 0.15) is 5.75 Å². The number of aromatic nitrogens is 2. The molecule has 0 saturated heterocycles. The Morgan fingerprint density at radius 1 is 1.45 bits per heavy atom. The Balaban J connectivity index is 1.99. The van der Waals surface area contributed by atoms with Crippen LogP contribution in [0.2, 0.25) is 0 Å². The van der Waals surface area contributed by atoms with Crippen molar-refractivity contribution in [2.24, 2.45) is 7.05 Å². The second-order valence-corrected chi connectivity index (χ2v) is 5.27. The first-order valence-corrected chi connectivity index (χ1v) is 7.26. The van der Waals surface area contributed by atoms with Crippen LogP contribution in [0.15, 0.2) is 30.6 Å². The largest absolute Gasteiger partial charge is 0.493 e. The molecule has 1 aliphatic heterocycles. The van der Waals surface area contributed by atoms with Crippen LogP contribution in [-0.4, -0.2) is 22.9 Å². The van der Waals surface area contributed by atoms with Gasteiger partial charge in [-0.2, -0.15) is 5.10 Å². The molecule has 0 saturated carbocycles. The van der Waals surface area contributed by atoms with Gasteiger partial charge >= 0.3 is 0 Å². The summed E-state index contributed by atoms with van der Waals surface area (Å²) in [5.41, 5.74) is 3.72. The van der Waals surface area contributed by atoms with Crippen molar-refractivity contribution in [3.8, 4) is 5.75 Å². The van der Waals surface area contributed by atoms with E-state index in [1.807, 2.05) is 17.9 Å². The maximum atomic E-state index is 5.85. The third-order valence-electron chi connectivity index (χ3n) is 3.71. The number of aryl methyl sites for hydroxylation is 1. The van der Waals surface area contributed by atoms with Crippen molar-refractivity contribution >= 4 is 0 Å². The second kappa shape index (κ2) is 5.67. The number of para-hydroxylation sites is 1. The summed E-state index contributed by atoms with van der Waals surface area (Å²) < 4.78 is 7.70.